The number of piperidine rings is 1. The standard InChI is InChI=1S/C23H31N7O3/c1-15(2)22-25-23(33-26-22)29-9-6-16(7-10-29)19-12-17(19)8-11-32-18-4-5-20(21(13-18)31-3)30-14-24-27-28-30/h4-5,13-17,19H,6-12H2,1-3H3/t17-,19?/m1/s1. The zero-order valence-corrected chi connectivity index (χ0v) is 19.4. The molecule has 1 aliphatic heterocycles. The van der Waals surface area contributed by atoms with Gasteiger partial charge in [-0.25, -0.2) is 0 Å². The lowest BCUT2D eigenvalue weighted by Gasteiger charge is -2.30. The van der Waals surface area contributed by atoms with Gasteiger partial charge in [-0.15, -0.1) is 5.10 Å². The van der Waals surface area contributed by atoms with Gasteiger partial charge in [-0.05, 0) is 66.0 Å². The quantitative estimate of drug-likeness (QED) is 0.481. The molecule has 10 heteroatoms. The number of anilines is 1. The van der Waals surface area contributed by atoms with Crippen molar-refractivity contribution in [2.24, 2.45) is 17.8 Å². The van der Waals surface area contributed by atoms with Gasteiger partial charge in [-0.1, -0.05) is 19.0 Å². The molecule has 10 nitrogen and oxygen atoms in total. The number of aromatic nitrogens is 6. The number of rotatable bonds is 9. The molecule has 176 valence electrons. The Morgan fingerprint density at radius 3 is 2.76 bits per heavy atom. The van der Waals surface area contributed by atoms with Crippen LogP contribution in [0.5, 0.6) is 11.5 Å². The molecule has 0 bridgehead atoms. The van der Waals surface area contributed by atoms with Crippen molar-refractivity contribution in [3.63, 3.8) is 0 Å². The van der Waals surface area contributed by atoms with Crippen LogP contribution in [0.2, 0.25) is 0 Å². The van der Waals surface area contributed by atoms with E-state index in [9.17, 15) is 0 Å². The zero-order chi connectivity index (χ0) is 22.8. The molecule has 0 radical (unpaired) electrons. The first-order valence-corrected chi connectivity index (χ1v) is 11.7. The van der Waals surface area contributed by atoms with E-state index in [1.54, 1.807) is 18.1 Å². The number of methoxy groups -OCH3 is 1. The summed E-state index contributed by atoms with van der Waals surface area (Å²) in [4.78, 5) is 6.79. The van der Waals surface area contributed by atoms with Crippen LogP contribution in [0.4, 0.5) is 6.01 Å². The predicted molar refractivity (Wildman–Crippen MR) is 121 cm³/mol. The Hall–Kier alpha value is -3.17. The topological polar surface area (TPSA) is 104 Å². The molecule has 2 fully saturated rings. The summed E-state index contributed by atoms with van der Waals surface area (Å²) in [6.07, 6.45) is 6.33. The van der Waals surface area contributed by atoms with Crippen LogP contribution in [-0.2, 0) is 0 Å². The summed E-state index contributed by atoms with van der Waals surface area (Å²) < 4.78 is 18.6. The van der Waals surface area contributed by atoms with Gasteiger partial charge in [0.25, 0.3) is 0 Å². The van der Waals surface area contributed by atoms with E-state index in [4.69, 9.17) is 14.0 Å². The molecule has 2 aliphatic rings. The minimum absolute atomic E-state index is 0.291. The van der Waals surface area contributed by atoms with Gasteiger partial charge in [-0.3, -0.25) is 0 Å². The monoisotopic (exact) mass is 453 g/mol. The van der Waals surface area contributed by atoms with Gasteiger partial charge in [0.05, 0.1) is 13.7 Å². The highest BCUT2D eigenvalue weighted by molar-refractivity contribution is 5.50. The van der Waals surface area contributed by atoms with Crippen molar-refractivity contribution < 1.29 is 14.0 Å². The Morgan fingerprint density at radius 1 is 1.21 bits per heavy atom. The lowest BCUT2D eigenvalue weighted by Crippen LogP contribution is -2.34. The number of nitrogens with zero attached hydrogens (tertiary/aromatic N) is 7. The van der Waals surface area contributed by atoms with E-state index >= 15 is 0 Å². The van der Waals surface area contributed by atoms with Gasteiger partial charge in [0.15, 0.2) is 5.82 Å². The molecule has 3 heterocycles. The fourth-order valence-corrected chi connectivity index (χ4v) is 4.83. The highest BCUT2D eigenvalue weighted by Gasteiger charge is 2.43. The van der Waals surface area contributed by atoms with Crippen LogP contribution in [0, 0.1) is 17.8 Å². The average molecular weight is 454 g/mol. The molecule has 1 saturated heterocycles. The lowest BCUT2D eigenvalue weighted by atomic mass is 9.90. The fourth-order valence-electron chi connectivity index (χ4n) is 4.83. The molecule has 33 heavy (non-hydrogen) atoms. The highest BCUT2D eigenvalue weighted by atomic mass is 16.5. The third-order valence-electron chi connectivity index (χ3n) is 6.84. The van der Waals surface area contributed by atoms with Crippen LogP contribution in [0.1, 0.15) is 51.3 Å². The minimum atomic E-state index is 0.291. The molecule has 1 aliphatic carbocycles. The van der Waals surface area contributed by atoms with Gasteiger partial charge in [0.1, 0.15) is 23.5 Å². The summed E-state index contributed by atoms with van der Waals surface area (Å²) >= 11 is 0. The van der Waals surface area contributed by atoms with Gasteiger partial charge in [0, 0.05) is 25.1 Å². The van der Waals surface area contributed by atoms with Crippen LogP contribution in [0.15, 0.2) is 29.0 Å². The Labute approximate surface area is 193 Å². The maximum atomic E-state index is 6.03. The first kappa shape index (κ1) is 21.7. The second-order valence-corrected chi connectivity index (χ2v) is 9.30. The molecule has 1 aromatic carbocycles. The molecule has 3 aromatic rings. The Bertz CT molecular complexity index is 1040. The lowest BCUT2D eigenvalue weighted by molar-refractivity contribution is 0.281. The molecule has 2 atom stereocenters. The van der Waals surface area contributed by atoms with Crippen molar-refractivity contribution in [3.8, 4) is 17.2 Å². The van der Waals surface area contributed by atoms with Crippen molar-refractivity contribution >= 4 is 6.01 Å². The van der Waals surface area contributed by atoms with E-state index < -0.39 is 0 Å². The first-order chi connectivity index (χ1) is 16.1. The second kappa shape index (κ2) is 9.36. The van der Waals surface area contributed by atoms with Crippen LogP contribution < -0.4 is 14.4 Å². The van der Waals surface area contributed by atoms with Crippen LogP contribution in [0.3, 0.4) is 0 Å². The zero-order valence-electron chi connectivity index (χ0n) is 19.4. The molecule has 5 rings (SSSR count). The van der Waals surface area contributed by atoms with Crippen LogP contribution in [-0.4, -0.2) is 57.2 Å². The summed E-state index contributed by atoms with van der Waals surface area (Å²) in [5.74, 6) is 4.93. The van der Waals surface area contributed by atoms with E-state index in [2.05, 4.69) is 44.4 Å². The van der Waals surface area contributed by atoms with Gasteiger partial charge in [0.2, 0.25) is 0 Å². The highest BCUT2D eigenvalue weighted by Crippen LogP contribution is 2.50. The molecule has 0 spiro atoms. The molecule has 0 amide bonds. The number of ether oxygens (including phenoxy) is 2. The molecular weight excluding hydrogens is 422 g/mol. The Kier molecular flexibility index (Phi) is 6.15. The summed E-state index contributed by atoms with van der Waals surface area (Å²) in [6.45, 7) is 6.88. The Balaban J connectivity index is 1.06. The second-order valence-electron chi connectivity index (χ2n) is 9.30. The fraction of sp³-hybridized carbons (Fsp3) is 0.609. The molecule has 0 N–H and O–H groups in total. The van der Waals surface area contributed by atoms with E-state index in [-0.39, 0.29) is 0 Å². The summed E-state index contributed by atoms with van der Waals surface area (Å²) in [5, 5.41) is 15.4. The normalized spacial score (nSPS) is 20.9. The molecule has 1 unspecified atom stereocenters. The number of hydrogen-bond donors (Lipinski definition) is 0. The van der Waals surface area contributed by atoms with Crippen molar-refractivity contribution in [3.05, 3.63) is 30.4 Å². The summed E-state index contributed by atoms with van der Waals surface area (Å²) in [5.41, 5.74) is 0.782. The molecule has 1 saturated carbocycles. The Morgan fingerprint density at radius 2 is 2.06 bits per heavy atom. The van der Waals surface area contributed by atoms with E-state index in [0.29, 0.717) is 24.3 Å². The third-order valence-corrected chi connectivity index (χ3v) is 6.84. The number of hydrogen-bond acceptors (Lipinski definition) is 9. The maximum absolute atomic E-state index is 6.03. The number of tetrazole rings is 1. The smallest absolute Gasteiger partial charge is 0.324 e. The largest absolute Gasteiger partial charge is 0.494 e. The SMILES string of the molecule is COc1cc(OCC[C@@H]2CC2C2CCN(c3nc(C(C)C)no3)CC2)ccc1-n1cnnn1. The van der Waals surface area contributed by atoms with Gasteiger partial charge in [-0.2, -0.15) is 9.67 Å². The molecule has 2 aromatic heterocycles. The van der Waals surface area contributed by atoms with Gasteiger partial charge < -0.3 is 18.9 Å². The van der Waals surface area contributed by atoms with Crippen molar-refractivity contribution in [1.29, 1.82) is 0 Å². The third kappa shape index (κ3) is 4.79. The number of benzene rings is 1. The van der Waals surface area contributed by atoms with Crippen molar-refractivity contribution in [1.82, 2.24) is 30.3 Å². The molecular formula is C23H31N7O3. The van der Waals surface area contributed by atoms with E-state index in [0.717, 1.165) is 54.5 Å². The van der Waals surface area contributed by atoms with E-state index in [1.165, 1.54) is 19.3 Å². The summed E-state index contributed by atoms with van der Waals surface area (Å²) in [7, 11) is 1.63. The average Bonchev–Trinajstić information content (AvgIpc) is 3.21. The van der Waals surface area contributed by atoms with Crippen LogP contribution in [0.25, 0.3) is 5.69 Å². The minimum Gasteiger partial charge on any atom is -0.494 e. The summed E-state index contributed by atoms with van der Waals surface area (Å²) in [6, 6.07) is 6.41. The predicted octanol–water partition coefficient (Wildman–Crippen LogP) is 3.50. The van der Waals surface area contributed by atoms with Crippen molar-refractivity contribution in [2.45, 2.75) is 45.4 Å². The first-order valence-electron chi connectivity index (χ1n) is 11.7. The van der Waals surface area contributed by atoms with Crippen molar-refractivity contribution in [2.75, 3.05) is 31.7 Å². The maximum Gasteiger partial charge on any atom is 0.324 e. The van der Waals surface area contributed by atoms with Gasteiger partial charge >= 0.3 is 6.01 Å². The van der Waals surface area contributed by atoms with E-state index in [1.807, 2.05) is 18.2 Å². The van der Waals surface area contributed by atoms with Crippen LogP contribution >= 0.6 is 0 Å².